The second kappa shape index (κ2) is 8.42. The highest BCUT2D eigenvalue weighted by Crippen LogP contribution is 2.48. The molecule has 1 unspecified atom stereocenters. The van der Waals surface area contributed by atoms with E-state index in [0.29, 0.717) is 25.1 Å². The van der Waals surface area contributed by atoms with Crippen molar-refractivity contribution in [3.8, 4) is 5.75 Å². The molecule has 4 heterocycles. The molecule has 32 heavy (non-hydrogen) atoms. The van der Waals surface area contributed by atoms with Crippen molar-refractivity contribution in [2.24, 2.45) is 18.5 Å². The Morgan fingerprint density at radius 2 is 2.19 bits per heavy atom. The van der Waals surface area contributed by atoms with Crippen LogP contribution in [0, 0.1) is 0 Å². The molecule has 0 bridgehead atoms. The van der Waals surface area contributed by atoms with Gasteiger partial charge in [0.2, 0.25) is 0 Å². The second-order valence-electron chi connectivity index (χ2n) is 8.31. The van der Waals surface area contributed by atoms with Crippen LogP contribution in [0.5, 0.6) is 5.75 Å². The molecule has 3 aliphatic rings. The Hall–Kier alpha value is -2.56. The molecule has 0 spiro atoms. The van der Waals surface area contributed by atoms with Gasteiger partial charge in [-0.15, -0.1) is 11.8 Å². The van der Waals surface area contributed by atoms with Crippen molar-refractivity contribution in [2.45, 2.75) is 43.0 Å². The average Bonchev–Trinajstić information content (AvgIpc) is 3.48. The van der Waals surface area contributed by atoms with Crippen LogP contribution in [0.4, 0.5) is 10.1 Å². The maximum Gasteiger partial charge on any atom is 0.265 e. The van der Waals surface area contributed by atoms with Gasteiger partial charge in [0.15, 0.2) is 0 Å². The molecule has 10 heteroatoms. The normalized spacial score (nSPS) is 27.6. The van der Waals surface area contributed by atoms with E-state index in [9.17, 15) is 9.18 Å². The van der Waals surface area contributed by atoms with Crippen LogP contribution < -0.4 is 21.1 Å². The Bertz CT molecular complexity index is 1060. The minimum absolute atomic E-state index is 0.0715. The third kappa shape index (κ3) is 3.66. The van der Waals surface area contributed by atoms with Crippen molar-refractivity contribution >= 4 is 23.4 Å². The van der Waals surface area contributed by atoms with E-state index in [-0.39, 0.29) is 12.0 Å². The van der Waals surface area contributed by atoms with Gasteiger partial charge in [-0.05, 0) is 36.1 Å². The molecule has 4 atom stereocenters. The molecular formula is C22H26FN5O3S. The van der Waals surface area contributed by atoms with E-state index in [0.717, 1.165) is 34.7 Å². The molecule has 170 valence electrons. The van der Waals surface area contributed by atoms with Gasteiger partial charge in [-0.25, -0.2) is 4.39 Å². The Morgan fingerprint density at radius 3 is 3.00 bits per heavy atom. The zero-order valence-electron chi connectivity index (χ0n) is 17.7. The summed E-state index contributed by atoms with van der Waals surface area (Å²) in [7, 11) is 1.82. The van der Waals surface area contributed by atoms with Gasteiger partial charge < -0.3 is 25.8 Å². The van der Waals surface area contributed by atoms with Crippen LogP contribution in [0.3, 0.4) is 0 Å². The Kier molecular flexibility index (Phi) is 5.60. The highest BCUT2D eigenvalue weighted by atomic mass is 32.2. The van der Waals surface area contributed by atoms with Crippen molar-refractivity contribution in [3.63, 3.8) is 0 Å². The number of aromatic nitrogens is 2. The number of benzene rings is 1. The minimum atomic E-state index is -1.21. The number of primary amides is 1. The second-order valence-corrected chi connectivity index (χ2v) is 9.26. The van der Waals surface area contributed by atoms with Gasteiger partial charge in [-0.3, -0.25) is 9.48 Å². The van der Waals surface area contributed by atoms with E-state index in [4.69, 9.17) is 20.9 Å². The zero-order valence-corrected chi connectivity index (χ0v) is 18.6. The number of halogens is 1. The number of hydrogen-bond donors (Lipinski definition) is 2. The lowest BCUT2D eigenvalue weighted by Gasteiger charge is -2.30. The molecule has 3 aliphatic heterocycles. The zero-order chi connectivity index (χ0) is 22.4. The topological polar surface area (TPSA) is 109 Å². The quantitative estimate of drug-likeness (QED) is 0.723. The highest BCUT2D eigenvalue weighted by molar-refractivity contribution is 8.02. The van der Waals surface area contributed by atoms with E-state index in [1.54, 1.807) is 16.3 Å². The first kappa shape index (κ1) is 21.3. The Morgan fingerprint density at radius 1 is 1.34 bits per heavy atom. The number of anilines is 1. The largest absolute Gasteiger partial charge is 0.493 e. The number of aryl methyl sites for hydroxylation is 1. The van der Waals surface area contributed by atoms with Crippen molar-refractivity contribution < 1.29 is 18.7 Å². The fourth-order valence-corrected chi connectivity index (χ4v) is 5.68. The number of carbonyl (C=O) groups excluding carboxylic acids is 1. The first-order chi connectivity index (χ1) is 15.4. The van der Waals surface area contributed by atoms with Crippen molar-refractivity contribution in [1.82, 2.24) is 9.78 Å². The SMILES string of the molecule is Cn1ncc(N2C(C(N)=O)=CSC2c2ccc3c(c2)CCO3)c1[C@@H]1CC[C@@H](N)[C@H](F)CO1. The first-order valence-corrected chi connectivity index (χ1v) is 11.6. The monoisotopic (exact) mass is 459 g/mol. The van der Waals surface area contributed by atoms with Gasteiger partial charge in [0, 0.05) is 24.9 Å². The maximum absolute atomic E-state index is 14.1. The number of hydrogen-bond acceptors (Lipinski definition) is 7. The van der Waals surface area contributed by atoms with E-state index < -0.39 is 24.2 Å². The number of nitrogens with two attached hydrogens (primary N) is 2. The molecule has 1 aromatic heterocycles. The van der Waals surface area contributed by atoms with Gasteiger partial charge in [0.1, 0.15) is 29.1 Å². The minimum Gasteiger partial charge on any atom is -0.493 e. The summed E-state index contributed by atoms with van der Waals surface area (Å²) in [5.74, 6) is 0.379. The summed E-state index contributed by atoms with van der Waals surface area (Å²) in [5, 5.41) is 6.03. The maximum atomic E-state index is 14.1. The number of alkyl halides is 1. The lowest BCUT2D eigenvalue weighted by atomic mass is 10.0. The molecule has 0 aliphatic carbocycles. The molecule has 8 nitrogen and oxygen atoms in total. The number of fused-ring (bicyclic) bond motifs is 1. The van der Waals surface area contributed by atoms with Gasteiger partial charge >= 0.3 is 0 Å². The molecule has 1 fully saturated rings. The molecule has 1 aromatic carbocycles. The van der Waals surface area contributed by atoms with Gasteiger partial charge in [-0.1, -0.05) is 6.07 Å². The van der Waals surface area contributed by atoms with E-state index >= 15 is 0 Å². The highest BCUT2D eigenvalue weighted by Gasteiger charge is 2.38. The number of carbonyl (C=O) groups is 1. The molecule has 1 saturated heterocycles. The predicted octanol–water partition coefficient (Wildman–Crippen LogP) is 2.45. The van der Waals surface area contributed by atoms with Crippen molar-refractivity contribution in [2.75, 3.05) is 18.1 Å². The van der Waals surface area contributed by atoms with E-state index in [2.05, 4.69) is 11.2 Å². The molecule has 0 radical (unpaired) electrons. The van der Waals surface area contributed by atoms with Crippen LogP contribution in [-0.2, 0) is 23.0 Å². The van der Waals surface area contributed by atoms with Crippen LogP contribution in [0.25, 0.3) is 0 Å². The molecule has 2 aromatic rings. The standard InChI is InChI=1S/C22H26FN5O3S/c1-27-20(19-5-3-15(24)14(23)10-31-19)16(9-26-27)28-17(21(25)29)11-32-22(28)13-2-4-18-12(8-13)6-7-30-18/h2,4,8-9,11,14-15,19,22H,3,5-7,10,24H2,1H3,(H2,25,29)/t14-,15-,19+,22?/m1/s1. The molecule has 5 rings (SSSR count). The lowest BCUT2D eigenvalue weighted by Crippen LogP contribution is -2.32. The third-order valence-corrected chi connectivity index (χ3v) is 7.37. The van der Waals surface area contributed by atoms with Crippen molar-refractivity contribution in [1.29, 1.82) is 0 Å². The summed E-state index contributed by atoms with van der Waals surface area (Å²) in [4.78, 5) is 14.2. The van der Waals surface area contributed by atoms with E-state index in [1.807, 2.05) is 24.1 Å². The summed E-state index contributed by atoms with van der Waals surface area (Å²) in [6.45, 7) is 0.604. The summed E-state index contributed by atoms with van der Waals surface area (Å²) in [6.07, 6.45) is 2.03. The number of ether oxygens (including phenoxy) is 2. The summed E-state index contributed by atoms with van der Waals surface area (Å²) >= 11 is 1.51. The number of rotatable bonds is 4. The van der Waals surface area contributed by atoms with Crippen LogP contribution in [-0.4, -0.2) is 41.1 Å². The average molecular weight is 460 g/mol. The van der Waals surface area contributed by atoms with Crippen LogP contribution in [0.15, 0.2) is 35.5 Å². The molecule has 0 saturated carbocycles. The molecular weight excluding hydrogens is 433 g/mol. The van der Waals surface area contributed by atoms with Crippen LogP contribution >= 0.6 is 11.8 Å². The smallest absolute Gasteiger partial charge is 0.265 e. The summed E-state index contributed by atoms with van der Waals surface area (Å²) in [6, 6.07) is 5.55. The van der Waals surface area contributed by atoms with Crippen molar-refractivity contribution in [3.05, 3.63) is 52.3 Å². The summed E-state index contributed by atoms with van der Waals surface area (Å²) < 4.78 is 27.4. The van der Waals surface area contributed by atoms with Crippen LogP contribution in [0.2, 0.25) is 0 Å². The summed E-state index contributed by atoms with van der Waals surface area (Å²) in [5.41, 5.74) is 15.7. The third-order valence-electron chi connectivity index (χ3n) is 6.27. The van der Waals surface area contributed by atoms with Gasteiger partial charge in [0.05, 0.1) is 30.8 Å². The van der Waals surface area contributed by atoms with Gasteiger partial charge in [0.25, 0.3) is 5.91 Å². The lowest BCUT2D eigenvalue weighted by molar-refractivity contribution is -0.114. The fourth-order valence-electron chi connectivity index (χ4n) is 4.54. The first-order valence-electron chi connectivity index (χ1n) is 10.7. The van der Waals surface area contributed by atoms with Crippen LogP contribution in [0.1, 0.15) is 41.1 Å². The number of thioether (sulfide) groups is 1. The molecule has 4 N–H and O–H groups in total. The Labute approximate surface area is 189 Å². The fraction of sp³-hybridized carbons (Fsp3) is 0.455. The Balaban J connectivity index is 1.54. The predicted molar refractivity (Wildman–Crippen MR) is 120 cm³/mol. The molecule has 1 amide bonds. The number of amides is 1. The van der Waals surface area contributed by atoms with Gasteiger partial charge in [-0.2, -0.15) is 5.10 Å². The van der Waals surface area contributed by atoms with E-state index in [1.165, 1.54) is 11.8 Å². The number of nitrogens with zero attached hydrogens (tertiary/aromatic N) is 3.